The van der Waals surface area contributed by atoms with E-state index in [-0.39, 0.29) is 0 Å². The molecule has 2 aromatic heterocycles. The van der Waals surface area contributed by atoms with Gasteiger partial charge in [-0.25, -0.2) is 9.98 Å². The van der Waals surface area contributed by atoms with Gasteiger partial charge in [0.25, 0.3) is 0 Å². The Morgan fingerprint density at radius 3 is 1.98 bits per heavy atom. The Morgan fingerprint density at radius 1 is 0.519 bits per heavy atom. The van der Waals surface area contributed by atoms with Gasteiger partial charge >= 0.3 is 0 Å². The Kier molecular flexibility index (Phi) is 7.14. The summed E-state index contributed by atoms with van der Waals surface area (Å²) in [6, 6.07) is 56.0. The first-order valence-corrected chi connectivity index (χ1v) is 17.9. The summed E-state index contributed by atoms with van der Waals surface area (Å²) in [6.45, 7) is 2.23. The van der Waals surface area contributed by atoms with Gasteiger partial charge in [-0.2, -0.15) is 0 Å². The van der Waals surface area contributed by atoms with Crippen LogP contribution in [0, 0.1) is 0 Å². The van der Waals surface area contributed by atoms with Crippen LogP contribution in [0.4, 0.5) is 0 Å². The molecular weight excluding hydrogens is 633 g/mol. The predicted molar refractivity (Wildman–Crippen MR) is 219 cm³/mol. The second-order valence-electron chi connectivity index (χ2n) is 13.6. The number of nitrogens with zero attached hydrogens (tertiary/aromatic N) is 4. The molecule has 0 aliphatic carbocycles. The van der Waals surface area contributed by atoms with Crippen molar-refractivity contribution in [1.29, 1.82) is 0 Å². The Balaban J connectivity index is 1.25. The third-order valence-electron chi connectivity index (χ3n) is 10.5. The molecule has 0 spiro atoms. The molecule has 246 valence electrons. The van der Waals surface area contributed by atoms with Crippen molar-refractivity contribution in [2.24, 2.45) is 9.98 Å². The highest BCUT2D eigenvalue weighted by Crippen LogP contribution is 2.38. The number of fused-ring (bicyclic) bond motifs is 8. The minimum absolute atomic E-state index is 0.679. The molecule has 10 rings (SSSR count). The van der Waals surface area contributed by atoms with Gasteiger partial charge in [0, 0.05) is 44.6 Å². The highest BCUT2D eigenvalue weighted by molar-refractivity contribution is 6.26. The maximum absolute atomic E-state index is 5.58. The molecule has 0 amide bonds. The summed E-state index contributed by atoms with van der Waals surface area (Å²) in [6.07, 6.45) is 3.64. The lowest BCUT2D eigenvalue weighted by Gasteiger charge is -2.18. The molecule has 52 heavy (non-hydrogen) atoms. The van der Waals surface area contributed by atoms with E-state index in [4.69, 9.17) is 15.0 Å². The van der Waals surface area contributed by atoms with E-state index < -0.39 is 0 Å². The predicted octanol–water partition coefficient (Wildman–Crippen LogP) is 12.1. The number of rotatable bonds is 4. The van der Waals surface area contributed by atoms with Crippen molar-refractivity contribution < 1.29 is 0 Å². The lowest BCUT2D eigenvalue weighted by atomic mass is 9.95. The lowest BCUT2D eigenvalue weighted by Crippen LogP contribution is -2.11. The molecule has 4 nitrogen and oxygen atoms in total. The highest BCUT2D eigenvalue weighted by Gasteiger charge is 2.21. The van der Waals surface area contributed by atoms with Crippen LogP contribution in [0.5, 0.6) is 0 Å². The number of allylic oxidation sites excluding steroid dienone is 1. The number of pyridine rings is 1. The quantitative estimate of drug-likeness (QED) is 0.172. The van der Waals surface area contributed by atoms with E-state index >= 15 is 0 Å². The zero-order chi connectivity index (χ0) is 34.6. The number of aromatic nitrogens is 2. The second-order valence-corrected chi connectivity index (χ2v) is 13.6. The van der Waals surface area contributed by atoms with Gasteiger partial charge in [0.1, 0.15) is 0 Å². The van der Waals surface area contributed by atoms with Gasteiger partial charge < -0.3 is 4.57 Å². The summed E-state index contributed by atoms with van der Waals surface area (Å²) in [5.41, 5.74) is 10.8. The molecule has 0 fully saturated rings. The van der Waals surface area contributed by atoms with Crippen LogP contribution in [-0.4, -0.2) is 21.1 Å². The summed E-state index contributed by atoms with van der Waals surface area (Å²) < 4.78 is 2.36. The first-order chi connectivity index (χ1) is 25.7. The van der Waals surface area contributed by atoms with E-state index in [0.717, 1.165) is 68.3 Å². The molecular formula is C48H34N4. The minimum atomic E-state index is 0.679. The molecule has 0 unspecified atom stereocenters. The average Bonchev–Trinajstić information content (AvgIpc) is 3.53. The molecule has 0 radical (unpaired) electrons. The molecule has 3 heterocycles. The summed E-state index contributed by atoms with van der Waals surface area (Å²) in [4.78, 5) is 16.2. The molecule has 0 atom stereocenters. The molecule has 1 aliphatic heterocycles. The number of aliphatic imine (C=N–C) groups is 2. The normalized spacial score (nSPS) is 15.2. The SMILES string of the molecule is C/C1=C(/c2ccc3c(c2)c2ccccc2n3-c2ccccc2)N=C(c2cc3ccccc3c3c2ncc2ccccc23)N=C(c2ccccc2)CC1. The van der Waals surface area contributed by atoms with E-state index in [1.807, 2.05) is 6.20 Å². The second kappa shape index (κ2) is 12.3. The summed E-state index contributed by atoms with van der Waals surface area (Å²) in [7, 11) is 0. The van der Waals surface area contributed by atoms with Crippen molar-refractivity contribution in [2.45, 2.75) is 19.8 Å². The molecule has 0 N–H and O–H groups in total. The number of hydrogen-bond acceptors (Lipinski definition) is 3. The first-order valence-electron chi connectivity index (χ1n) is 17.9. The van der Waals surface area contributed by atoms with Crippen molar-refractivity contribution in [3.05, 3.63) is 186 Å². The zero-order valence-corrected chi connectivity index (χ0v) is 28.8. The van der Waals surface area contributed by atoms with Crippen LogP contribution in [-0.2, 0) is 0 Å². The molecule has 0 bridgehead atoms. The van der Waals surface area contributed by atoms with Gasteiger partial charge in [0.05, 0.1) is 28.0 Å². The van der Waals surface area contributed by atoms with Crippen LogP contribution in [0.25, 0.3) is 65.6 Å². The standard InChI is InChI=1S/C48H34N4/c1-31-24-26-42(32-14-4-2-5-15-32)50-48(41-28-33-16-8-10-20-37(33)45-38-21-11-9-17-35(38)30-49-47(41)45)51-46(31)34-25-27-44-40(29-34)39-22-12-13-23-43(39)52(44)36-18-6-3-7-19-36/h2-23,25,27-30H,24,26H2,1H3/b46-31+,50-42?,51-48?. The third kappa shape index (κ3) is 4.95. The first kappa shape index (κ1) is 30.2. The fraction of sp³-hybridized carbons (Fsp3) is 0.0625. The molecule has 0 saturated carbocycles. The van der Waals surface area contributed by atoms with Gasteiger partial charge in [-0.1, -0.05) is 121 Å². The molecule has 4 heteroatoms. The number of amidine groups is 1. The van der Waals surface area contributed by atoms with Crippen LogP contribution >= 0.6 is 0 Å². The molecule has 9 aromatic rings. The van der Waals surface area contributed by atoms with Gasteiger partial charge in [-0.3, -0.25) is 4.98 Å². The Hall–Kier alpha value is -6.65. The van der Waals surface area contributed by atoms with Gasteiger partial charge in [-0.05, 0) is 83.5 Å². The van der Waals surface area contributed by atoms with E-state index in [0.29, 0.717) is 5.84 Å². The summed E-state index contributed by atoms with van der Waals surface area (Å²) >= 11 is 0. The highest BCUT2D eigenvalue weighted by atomic mass is 15.0. The fourth-order valence-corrected chi connectivity index (χ4v) is 7.97. The van der Waals surface area contributed by atoms with Crippen LogP contribution < -0.4 is 0 Å². The number of para-hydroxylation sites is 2. The van der Waals surface area contributed by atoms with Gasteiger partial charge in [0.15, 0.2) is 5.84 Å². The maximum Gasteiger partial charge on any atom is 0.162 e. The fourth-order valence-electron chi connectivity index (χ4n) is 7.97. The zero-order valence-electron chi connectivity index (χ0n) is 28.8. The monoisotopic (exact) mass is 666 g/mol. The number of benzene rings is 7. The molecule has 1 aliphatic rings. The van der Waals surface area contributed by atoms with Crippen LogP contribution in [0.2, 0.25) is 0 Å². The van der Waals surface area contributed by atoms with E-state index in [9.17, 15) is 0 Å². The topological polar surface area (TPSA) is 42.5 Å². The van der Waals surface area contributed by atoms with Crippen molar-refractivity contribution >= 4 is 71.5 Å². The average molecular weight is 667 g/mol. The summed E-state index contributed by atoms with van der Waals surface area (Å²) in [5, 5.41) is 8.16. The third-order valence-corrected chi connectivity index (χ3v) is 10.5. The Morgan fingerprint density at radius 2 is 1.17 bits per heavy atom. The van der Waals surface area contributed by atoms with Crippen LogP contribution in [0.15, 0.2) is 179 Å². The maximum atomic E-state index is 5.58. The van der Waals surface area contributed by atoms with Crippen molar-refractivity contribution in [2.75, 3.05) is 0 Å². The van der Waals surface area contributed by atoms with E-state index in [1.165, 1.54) is 38.2 Å². The summed E-state index contributed by atoms with van der Waals surface area (Å²) in [5.74, 6) is 0.679. The minimum Gasteiger partial charge on any atom is -0.309 e. The van der Waals surface area contributed by atoms with Crippen molar-refractivity contribution in [3.8, 4) is 5.69 Å². The van der Waals surface area contributed by atoms with Gasteiger partial charge in [0.2, 0.25) is 0 Å². The molecule has 7 aromatic carbocycles. The molecule has 0 saturated heterocycles. The van der Waals surface area contributed by atoms with E-state index in [1.54, 1.807) is 0 Å². The Bertz CT molecular complexity index is 2930. The van der Waals surface area contributed by atoms with Crippen LogP contribution in [0.1, 0.15) is 36.5 Å². The number of hydrogen-bond donors (Lipinski definition) is 0. The van der Waals surface area contributed by atoms with Gasteiger partial charge in [-0.15, -0.1) is 0 Å². The van der Waals surface area contributed by atoms with Crippen molar-refractivity contribution in [3.63, 3.8) is 0 Å². The van der Waals surface area contributed by atoms with Crippen LogP contribution in [0.3, 0.4) is 0 Å². The largest absolute Gasteiger partial charge is 0.309 e. The van der Waals surface area contributed by atoms with Crippen molar-refractivity contribution in [1.82, 2.24) is 9.55 Å². The smallest absolute Gasteiger partial charge is 0.162 e. The lowest BCUT2D eigenvalue weighted by molar-refractivity contribution is 1.00. The van der Waals surface area contributed by atoms with E-state index in [2.05, 4.69) is 169 Å². The Labute approximate surface area is 301 Å².